The van der Waals surface area contributed by atoms with E-state index in [4.69, 9.17) is 0 Å². The summed E-state index contributed by atoms with van der Waals surface area (Å²) in [5.41, 5.74) is 0. The lowest BCUT2D eigenvalue weighted by atomic mass is 9.97. The molecule has 1 unspecified atom stereocenters. The van der Waals surface area contributed by atoms with Gasteiger partial charge < -0.3 is 0 Å². The molecular weight excluding hydrogens is 132 g/mol. The Morgan fingerprint density at radius 3 is 1.91 bits per heavy atom. The monoisotopic (exact) mass is 154 g/mol. The summed E-state index contributed by atoms with van der Waals surface area (Å²) in [6, 6.07) is 0. The topological polar surface area (TPSA) is 0 Å². The Kier molecular flexibility index (Phi) is 5.27. The Hall–Kier alpha value is -0.260. The SMILES string of the molecule is CC(C)C/C=C/C(C)C(C)C. The van der Waals surface area contributed by atoms with E-state index < -0.39 is 0 Å². The molecule has 0 bridgehead atoms. The normalized spacial score (nSPS) is 15.2. The van der Waals surface area contributed by atoms with Crippen LogP contribution in [-0.4, -0.2) is 0 Å². The summed E-state index contributed by atoms with van der Waals surface area (Å²) < 4.78 is 0. The molecule has 0 aliphatic heterocycles. The Morgan fingerprint density at radius 1 is 1.00 bits per heavy atom. The van der Waals surface area contributed by atoms with Gasteiger partial charge in [0.05, 0.1) is 0 Å². The van der Waals surface area contributed by atoms with Crippen LogP contribution in [0.3, 0.4) is 0 Å². The van der Waals surface area contributed by atoms with E-state index >= 15 is 0 Å². The van der Waals surface area contributed by atoms with Crippen molar-refractivity contribution < 1.29 is 0 Å². The van der Waals surface area contributed by atoms with Gasteiger partial charge in [0.15, 0.2) is 0 Å². The molecule has 0 aromatic rings. The fraction of sp³-hybridized carbons (Fsp3) is 0.818. The van der Waals surface area contributed by atoms with Crippen molar-refractivity contribution >= 4 is 0 Å². The van der Waals surface area contributed by atoms with Gasteiger partial charge in [0.1, 0.15) is 0 Å². The molecule has 0 saturated carbocycles. The fourth-order valence-corrected chi connectivity index (χ4v) is 0.788. The van der Waals surface area contributed by atoms with Crippen LogP contribution in [0.1, 0.15) is 41.0 Å². The molecule has 0 radical (unpaired) electrons. The molecule has 11 heavy (non-hydrogen) atoms. The van der Waals surface area contributed by atoms with Crippen LogP contribution in [0, 0.1) is 17.8 Å². The minimum atomic E-state index is 0.730. The maximum atomic E-state index is 2.34. The Morgan fingerprint density at radius 2 is 1.55 bits per heavy atom. The molecule has 0 aliphatic rings. The predicted molar refractivity (Wildman–Crippen MR) is 52.6 cm³/mol. The van der Waals surface area contributed by atoms with Gasteiger partial charge in [-0.3, -0.25) is 0 Å². The summed E-state index contributed by atoms with van der Waals surface area (Å²) in [7, 11) is 0. The summed E-state index contributed by atoms with van der Waals surface area (Å²) in [6.07, 6.45) is 5.87. The van der Waals surface area contributed by atoms with Gasteiger partial charge >= 0.3 is 0 Å². The quantitative estimate of drug-likeness (QED) is 0.539. The average Bonchev–Trinajstić information content (AvgIpc) is 1.86. The molecule has 0 aliphatic carbocycles. The number of allylic oxidation sites excluding steroid dienone is 2. The number of hydrogen-bond donors (Lipinski definition) is 0. The van der Waals surface area contributed by atoms with Crippen molar-refractivity contribution in [3.05, 3.63) is 12.2 Å². The molecule has 0 N–H and O–H groups in total. The van der Waals surface area contributed by atoms with Crippen LogP contribution in [0.15, 0.2) is 12.2 Å². The number of rotatable bonds is 4. The first-order valence-corrected chi connectivity index (χ1v) is 4.70. The van der Waals surface area contributed by atoms with Crippen LogP contribution in [0.5, 0.6) is 0 Å². The minimum Gasteiger partial charge on any atom is -0.0880 e. The zero-order valence-electron chi connectivity index (χ0n) is 8.59. The van der Waals surface area contributed by atoms with Crippen LogP contribution in [-0.2, 0) is 0 Å². The molecule has 0 fully saturated rings. The third kappa shape index (κ3) is 6.15. The molecular formula is C11H22. The summed E-state index contributed by atoms with van der Waals surface area (Å²) in [6.45, 7) is 11.3. The highest BCUT2D eigenvalue weighted by Gasteiger charge is 2.00. The smallest absolute Gasteiger partial charge is 0.0239 e. The summed E-state index contributed by atoms with van der Waals surface area (Å²) in [4.78, 5) is 0. The van der Waals surface area contributed by atoms with Gasteiger partial charge in [-0.2, -0.15) is 0 Å². The summed E-state index contributed by atoms with van der Waals surface area (Å²) in [5.74, 6) is 2.30. The van der Waals surface area contributed by atoms with Crippen LogP contribution in [0.2, 0.25) is 0 Å². The molecule has 0 aromatic carbocycles. The van der Waals surface area contributed by atoms with Gasteiger partial charge in [0.25, 0.3) is 0 Å². The first-order chi connectivity index (χ1) is 5.04. The zero-order valence-corrected chi connectivity index (χ0v) is 8.59. The van der Waals surface area contributed by atoms with Crippen molar-refractivity contribution in [2.24, 2.45) is 17.8 Å². The molecule has 0 nitrogen and oxygen atoms in total. The fourth-order valence-electron chi connectivity index (χ4n) is 0.788. The maximum absolute atomic E-state index is 2.34. The second-order valence-corrected chi connectivity index (χ2v) is 4.16. The molecule has 0 saturated heterocycles. The third-order valence-electron chi connectivity index (χ3n) is 2.10. The van der Waals surface area contributed by atoms with Gasteiger partial charge in [0.2, 0.25) is 0 Å². The Labute approximate surface area is 71.7 Å². The molecule has 1 atom stereocenters. The summed E-state index contributed by atoms with van der Waals surface area (Å²) in [5, 5.41) is 0. The molecule has 0 rings (SSSR count). The largest absolute Gasteiger partial charge is 0.0880 e. The molecule has 0 aromatic heterocycles. The highest BCUT2D eigenvalue weighted by atomic mass is 14.1. The van der Waals surface area contributed by atoms with E-state index in [1.807, 2.05) is 0 Å². The van der Waals surface area contributed by atoms with Crippen molar-refractivity contribution in [2.45, 2.75) is 41.0 Å². The van der Waals surface area contributed by atoms with Crippen molar-refractivity contribution in [3.63, 3.8) is 0 Å². The molecule has 0 heteroatoms. The molecule has 66 valence electrons. The summed E-state index contributed by atoms with van der Waals surface area (Å²) >= 11 is 0. The van der Waals surface area contributed by atoms with E-state index in [0.29, 0.717) is 0 Å². The highest BCUT2D eigenvalue weighted by molar-refractivity contribution is 4.88. The van der Waals surface area contributed by atoms with Gasteiger partial charge in [-0.05, 0) is 24.2 Å². The maximum Gasteiger partial charge on any atom is -0.0239 e. The highest BCUT2D eigenvalue weighted by Crippen LogP contribution is 2.12. The van der Waals surface area contributed by atoms with Crippen LogP contribution in [0.4, 0.5) is 0 Å². The van der Waals surface area contributed by atoms with Crippen LogP contribution >= 0.6 is 0 Å². The molecule has 0 spiro atoms. The van der Waals surface area contributed by atoms with Gasteiger partial charge in [-0.15, -0.1) is 0 Å². The Bertz CT molecular complexity index is 109. The number of hydrogen-bond acceptors (Lipinski definition) is 0. The standard InChI is InChI=1S/C11H22/c1-9(2)7-6-8-11(5)10(3)4/h6,8-11H,7H2,1-5H3/b8-6+. The third-order valence-corrected chi connectivity index (χ3v) is 2.10. The van der Waals surface area contributed by atoms with Crippen molar-refractivity contribution in [2.75, 3.05) is 0 Å². The zero-order chi connectivity index (χ0) is 8.85. The van der Waals surface area contributed by atoms with Gasteiger partial charge in [0, 0.05) is 0 Å². The first-order valence-electron chi connectivity index (χ1n) is 4.70. The first kappa shape index (κ1) is 10.7. The van der Waals surface area contributed by atoms with E-state index in [-0.39, 0.29) is 0 Å². The van der Waals surface area contributed by atoms with E-state index in [1.165, 1.54) is 6.42 Å². The molecule has 0 amide bonds. The lowest BCUT2D eigenvalue weighted by molar-refractivity contribution is 0.501. The van der Waals surface area contributed by atoms with E-state index in [9.17, 15) is 0 Å². The second kappa shape index (κ2) is 5.40. The van der Waals surface area contributed by atoms with E-state index in [0.717, 1.165) is 17.8 Å². The van der Waals surface area contributed by atoms with Gasteiger partial charge in [-0.25, -0.2) is 0 Å². The van der Waals surface area contributed by atoms with E-state index in [1.54, 1.807) is 0 Å². The van der Waals surface area contributed by atoms with E-state index in [2.05, 4.69) is 46.8 Å². The molecule has 0 heterocycles. The van der Waals surface area contributed by atoms with Crippen LogP contribution in [0.25, 0.3) is 0 Å². The van der Waals surface area contributed by atoms with Crippen molar-refractivity contribution in [3.8, 4) is 0 Å². The predicted octanol–water partition coefficient (Wildman–Crippen LogP) is 3.88. The Balaban J connectivity index is 3.56. The van der Waals surface area contributed by atoms with Crippen molar-refractivity contribution in [1.29, 1.82) is 0 Å². The van der Waals surface area contributed by atoms with Crippen molar-refractivity contribution in [1.82, 2.24) is 0 Å². The second-order valence-electron chi connectivity index (χ2n) is 4.16. The van der Waals surface area contributed by atoms with Crippen LogP contribution < -0.4 is 0 Å². The van der Waals surface area contributed by atoms with Gasteiger partial charge in [-0.1, -0.05) is 46.8 Å². The lowest BCUT2D eigenvalue weighted by Crippen LogP contribution is -1.99. The lowest BCUT2D eigenvalue weighted by Gasteiger charge is -2.09. The minimum absolute atomic E-state index is 0.730. The average molecular weight is 154 g/mol.